The third kappa shape index (κ3) is 4.45. The highest BCUT2D eigenvalue weighted by Gasteiger charge is 2.47. The van der Waals surface area contributed by atoms with Gasteiger partial charge in [0.05, 0.1) is 7.11 Å². The number of phenolic OH excluding ortho intramolecular Hbond substituents is 1. The van der Waals surface area contributed by atoms with E-state index in [9.17, 15) is 9.90 Å². The Labute approximate surface area is 198 Å². The molecule has 0 aromatic heterocycles. The van der Waals surface area contributed by atoms with Gasteiger partial charge in [0.1, 0.15) is 12.1 Å². The largest absolute Gasteiger partial charge is 0.504 e. The molecule has 0 bridgehead atoms. The van der Waals surface area contributed by atoms with Crippen LogP contribution in [0.25, 0.3) is 11.1 Å². The number of hydrogen-bond donors (Lipinski definition) is 4. The van der Waals surface area contributed by atoms with E-state index in [1.54, 1.807) is 25.3 Å². The van der Waals surface area contributed by atoms with Crippen LogP contribution in [0.2, 0.25) is 0 Å². The molecular formula is C27H28N4O3. The molecule has 7 nitrogen and oxygen atoms in total. The van der Waals surface area contributed by atoms with Crippen LogP contribution in [0.15, 0.2) is 78.0 Å². The lowest BCUT2D eigenvalue weighted by atomic mass is 9.91. The monoisotopic (exact) mass is 456 g/mol. The topological polar surface area (TPSA) is 123 Å². The summed E-state index contributed by atoms with van der Waals surface area (Å²) in [5.41, 5.74) is 12.0. The van der Waals surface area contributed by atoms with Crippen LogP contribution in [-0.4, -0.2) is 24.3 Å². The molecular weight excluding hydrogens is 428 g/mol. The second-order valence-corrected chi connectivity index (χ2v) is 8.48. The Bertz CT molecular complexity index is 1260. The van der Waals surface area contributed by atoms with Gasteiger partial charge in [-0.05, 0) is 59.4 Å². The predicted molar refractivity (Wildman–Crippen MR) is 135 cm³/mol. The smallest absolute Gasteiger partial charge is 0.160 e. The molecule has 1 aliphatic rings. The summed E-state index contributed by atoms with van der Waals surface area (Å²) in [6, 6.07) is 18.8. The van der Waals surface area contributed by atoms with Crippen LogP contribution < -0.4 is 21.6 Å². The molecule has 174 valence electrons. The van der Waals surface area contributed by atoms with Gasteiger partial charge in [0.25, 0.3) is 0 Å². The fraction of sp³-hybridized carbons (Fsp3) is 0.185. The van der Waals surface area contributed by atoms with Crippen molar-refractivity contribution in [1.82, 2.24) is 0 Å². The van der Waals surface area contributed by atoms with Gasteiger partial charge in [-0.3, -0.25) is 4.79 Å². The van der Waals surface area contributed by atoms with Gasteiger partial charge in [-0.1, -0.05) is 43.0 Å². The molecule has 0 atom stereocenters. The van der Waals surface area contributed by atoms with Gasteiger partial charge in [0, 0.05) is 28.8 Å². The maximum atomic E-state index is 11.1. The summed E-state index contributed by atoms with van der Waals surface area (Å²) in [4.78, 5) is 11.1. The molecule has 3 aromatic carbocycles. The van der Waals surface area contributed by atoms with Gasteiger partial charge in [-0.15, -0.1) is 0 Å². The van der Waals surface area contributed by atoms with Gasteiger partial charge in [0.15, 0.2) is 11.5 Å². The minimum Gasteiger partial charge on any atom is -0.504 e. The zero-order valence-electron chi connectivity index (χ0n) is 19.0. The molecule has 0 heterocycles. The number of aldehydes is 1. The molecule has 0 spiro atoms. The number of ether oxygens (including phenoxy) is 1. The summed E-state index contributed by atoms with van der Waals surface area (Å²) in [6.07, 6.45) is 3.13. The molecule has 0 radical (unpaired) electrons. The molecule has 6 N–H and O–H groups in total. The van der Waals surface area contributed by atoms with Crippen molar-refractivity contribution in [2.75, 3.05) is 12.4 Å². The van der Waals surface area contributed by atoms with E-state index in [2.05, 4.69) is 17.0 Å². The number of nitrogens with one attached hydrogen (secondary N) is 1. The van der Waals surface area contributed by atoms with E-state index in [0.29, 0.717) is 23.6 Å². The number of anilines is 1. The number of hydrazone groups is 1. The van der Waals surface area contributed by atoms with Crippen LogP contribution in [-0.2, 0) is 11.8 Å². The van der Waals surface area contributed by atoms with Crippen LogP contribution in [0.4, 0.5) is 5.69 Å². The standard InChI is InChI=1S/C27H28N4O3/c1-17(27(11-12-27)21-8-10-24(33)25(14-21)34-2)30-22-9-7-20(13-26(28)31-29)23(15-22)19-5-3-18(16-32)4-6-19/h3-10,14-16,30,33H,1,11-13,29H2,2H3,(H2,28,31). The Kier molecular flexibility index (Phi) is 6.27. The van der Waals surface area contributed by atoms with Gasteiger partial charge in [0.2, 0.25) is 0 Å². The van der Waals surface area contributed by atoms with Crippen molar-refractivity contribution in [3.8, 4) is 22.6 Å². The van der Waals surface area contributed by atoms with Crippen LogP contribution in [0.1, 0.15) is 34.3 Å². The fourth-order valence-electron chi connectivity index (χ4n) is 4.22. The van der Waals surface area contributed by atoms with E-state index >= 15 is 0 Å². The summed E-state index contributed by atoms with van der Waals surface area (Å²) < 4.78 is 5.29. The summed E-state index contributed by atoms with van der Waals surface area (Å²) in [6.45, 7) is 4.34. The minimum absolute atomic E-state index is 0.113. The average molecular weight is 457 g/mol. The second-order valence-electron chi connectivity index (χ2n) is 8.48. The summed E-state index contributed by atoms with van der Waals surface area (Å²) in [7, 11) is 1.54. The lowest BCUT2D eigenvalue weighted by Crippen LogP contribution is -2.18. The highest BCUT2D eigenvalue weighted by atomic mass is 16.5. The predicted octanol–water partition coefficient (Wildman–Crippen LogP) is 4.31. The first kappa shape index (κ1) is 22.9. The Balaban J connectivity index is 1.65. The Hall–Kier alpha value is -4.26. The average Bonchev–Trinajstić information content (AvgIpc) is 3.67. The quantitative estimate of drug-likeness (QED) is 0.125. The molecule has 0 saturated heterocycles. The van der Waals surface area contributed by atoms with Crippen molar-refractivity contribution < 1.29 is 14.6 Å². The Morgan fingerprint density at radius 2 is 1.91 bits per heavy atom. The number of amidine groups is 1. The van der Waals surface area contributed by atoms with Gasteiger partial charge in [-0.25, -0.2) is 0 Å². The van der Waals surface area contributed by atoms with Crippen molar-refractivity contribution in [2.45, 2.75) is 24.7 Å². The molecule has 1 aliphatic carbocycles. The van der Waals surface area contributed by atoms with E-state index in [0.717, 1.165) is 52.8 Å². The number of methoxy groups -OCH3 is 1. The van der Waals surface area contributed by atoms with Crippen LogP contribution in [0.3, 0.4) is 0 Å². The van der Waals surface area contributed by atoms with Crippen LogP contribution in [0, 0.1) is 0 Å². The van der Waals surface area contributed by atoms with E-state index in [1.807, 2.05) is 42.5 Å². The van der Waals surface area contributed by atoms with Crippen LogP contribution >= 0.6 is 0 Å². The van der Waals surface area contributed by atoms with Crippen molar-refractivity contribution >= 4 is 17.8 Å². The zero-order chi connectivity index (χ0) is 24.3. The number of nitrogens with two attached hydrogens (primary N) is 2. The third-order valence-corrected chi connectivity index (χ3v) is 6.36. The SMILES string of the molecule is C=C(Nc1ccc(C/C(N)=N/N)c(-c2ccc(C=O)cc2)c1)C1(c2ccc(O)c(OC)c2)CC1. The highest BCUT2D eigenvalue weighted by molar-refractivity contribution is 5.86. The molecule has 0 aliphatic heterocycles. The molecule has 34 heavy (non-hydrogen) atoms. The normalized spacial score (nSPS) is 14.3. The summed E-state index contributed by atoms with van der Waals surface area (Å²) >= 11 is 0. The van der Waals surface area contributed by atoms with Gasteiger partial charge >= 0.3 is 0 Å². The Morgan fingerprint density at radius 1 is 1.18 bits per heavy atom. The maximum absolute atomic E-state index is 11.1. The first-order valence-corrected chi connectivity index (χ1v) is 10.9. The number of allylic oxidation sites excluding steroid dienone is 1. The molecule has 0 amide bonds. The maximum Gasteiger partial charge on any atom is 0.160 e. The van der Waals surface area contributed by atoms with E-state index < -0.39 is 0 Å². The molecule has 3 aromatic rings. The van der Waals surface area contributed by atoms with Crippen LogP contribution in [0.5, 0.6) is 11.5 Å². The van der Waals surface area contributed by atoms with Gasteiger partial charge in [-0.2, -0.15) is 5.10 Å². The van der Waals surface area contributed by atoms with E-state index in [4.69, 9.17) is 16.3 Å². The third-order valence-electron chi connectivity index (χ3n) is 6.36. The highest BCUT2D eigenvalue weighted by Crippen LogP contribution is 2.54. The molecule has 1 saturated carbocycles. The number of carbonyl (C=O) groups excluding carboxylic acids is 1. The van der Waals surface area contributed by atoms with E-state index in [1.165, 1.54) is 0 Å². The van der Waals surface area contributed by atoms with Crippen molar-refractivity contribution in [1.29, 1.82) is 0 Å². The molecule has 7 heteroatoms. The lowest BCUT2D eigenvalue weighted by molar-refractivity contribution is 0.112. The number of rotatable bonds is 9. The number of benzene rings is 3. The number of phenols is 1. The summed E-state index contributed by atoms with van der Waals surface area (Å²) in [5, 5.41) is 17.0. The second kappa shape index (κ2) is 9.31. The fourth-order valence-corrected chi connectivity index (χ4v) is 4.22. The number of carbonyl (C=O) groups is 1. The van der Waals surface area contributed by atoms with Crippen molar-refractivity contribution in [3.05, 3.63) is 89.6 Å². The molecule has 4 rings (SSSR count). The summed E-state index contributed by atoms with van der Waals surface area (Å²) in [5.74, 6) is 6.24. The first-order valence-electron chi connectivity index (χ1n) is 10.9. The number of aromatic hydroxyl groups is 1. The van der Waals surface area contributed by atoms with E-state index in [-0.39, 0.29) is 11.2 Å². The minimum atomic E-state index is -0.220. The van der Waals surface area contributed by atoms with Crippen molar-refractivity contribution in [3.63, 3.8) is 0 Å². The zero-order valence-corrected chi connectivity index (χ0v) is 19.0. The Morgan fingerprint density at radius 3 is 2.53 bits per heavy atom. The van der Waals surface area contributed by atoms with Crippen molar-refractivity contribution in [2.24, 2.45) is 16.7 Å². The number of hydrogen-bond acceptors (Lipinski definition) is 6. The first-order chi connectivity index (χ1) is 16.4. The lowest BCUT2D eigenvalue weighted by Gasteiger charge is -2.22. The van der Waals surface area contributed by atoms with Gasteiger partial charge < -0.3 is 26.7 Å². The molecule has 0 unspecified atom stereocenters. The number of nitrogens with zero attached hydrogens (tertiary/aromatic N) is 1. The molecule has 1 fully saturated rings.